The normalized spacial score (nSPS) is 23.3. The van der Waals surface area contributed by atoms with Crippen LogP contribution in [0.25, 0.3) is 0 Å². The van der Waals surface area contributed by atoms with Crippen LogP contribution in [0.4, 0.5) is 0 Å². The van der Waals surface area contributed by atoms with E-state index in [9.17, 15) is 9.59 Å². The molecule has 0 bridgehead atoms. The zero-order valence-electron chi connectivity index (χ0n) is 11.8. The molecule has 3 rings (SSSR count). The molecule has 1 aliphatic carbocycles. The van der Waals surface area contributed by atoms with Gasteiger partial charge in [0.2, 0.25) is 0 Å². The minimum atomic E-state index is -0.318. The number of carbonyl (C=O) groups excluding carboxylic acids is 2. The monoisotopic (exact) mass is 306 g/mol. The van der Waals surface area contributed by atoms with Crippen LogP contribution in [0.5, 0.6) is 0 Å². The van der Waals surface area contributed by atoms with Gasteiger partial charge < -0.3 is 15.4 Å². The number of rotatable bonds is 5. The van der Waals surface area contributed by atoms with Crippen molar-refractivity contribution in [1.29, 1.82) is 0 Å². The van der Waals surface area contributed by atoms with E-state index in [1.807, 2.05) is 12.3 Å². The first-order valence-electron chi connectivity index (χ1n) is 7.10. The van der Waals surface area contributed by atoms with E-state index in [0.29, 0.717) is 17.4 Å². The number of allylic oxidation sites excluding steroid dienone is 2. The Labute approximate surface area is 127 Å². The predicted octanol–water partition coefficient (Wildman–Crippen LogP) is 1.45. The Morgan fingerprint density at radius 2 is 2.29 bits per heavy atom. The number of methoxy groups -OCH3 is 1. The highest BCUT2D eigenvalue weighted by Gasteiger charge is 2.35. The number of hydrogen-bond donors (Lipinski definition) is 2. The molecule has 1 saturated carbocycles. The van der Waals surface area contributed by atoms with Gasteiger partial charge in [-0.1, -0.05) is 11.8 Å². The third-order valence-corrected chi connectivity index (χ3v) is 4.98. The van der Waals surface area contributed by atoms with E-state index in [0.717, 1.165) is 0 Å². The first-order chi connectivity index (χ1) is 10.2. The summed E-state index contributed by atoms with van der Waals surface area (Å²) in [5, 5.41) is 6.03. The van der Waals surface area contributed by atoms with Gasteiger partial charge in [-0.05, 0) is 42.7 Å². The molecule has 0 aromatic carbocycles. The Morgan fingerprint density at radius 3 is 3.00 bits per heavy atom. The average Bonchev–Trinajstić information content (AvgIpc) is 3.24. The zero-order valence-corrected chi connectivity index (χ0v) is 12.7. The summed E-state index contributed by atoms with van der Waals surface area (Å²) in [4.78, 5) is 25.1. The Kier molecular flexibility index (Phi) is 4.05. The largest absolute Gasteiger partial charge is 0.469 e. The second-order valence-electron chi connectivity index (χ2n) is 5.29. The summed E-state index contributed by atoms with van der Waals surface area (Å²) in [6.45, 7) is 0.300. The van der Waals surface area contributed by atoms with Crippen molar-refractivity contribution in [3.05, 3.63) is 33.7 Å². The molecule has 0 spiro atoms. The van der Waals surface area contributed by atoms with Crippen molar-refractivity contribution in [1.82, 2.24) is 10.6 Å². The minimum absolute atomic E-state index is 0.122. The number of dihydropyridines is 1. The maximum absolute atomic E-state index is 12.1. The average molecular weight is 306 g/mol. The lowest BCUT2D eigenvalue weighted by atomic mass is 10.0. The summed E-state index contributed by atoms with van der Waals surface area (Å²) < 4.78 is 4.55. The number of hydrogen-bond acceptors (Lipinski definition) is 5. The Bertz CT molecular complexity index is 561. The van der Waals surface area contributed by atoms with Crippen molar-refractivity contribution >= 4 is 23.6 Å². The summed E-state index contributed by atoms with van der Waals surface area (Å²) in [6, 6.07) is 0.122. The minimum Gasteiger partial charge on any atom is -0.469 e. The summed E-state index contributed by atoms with van der Waals surface area (Å²) in [6.07, 6.45) is 8.74. The van der Waals surface area contributed by atoms with Gasteiger partial charge in [-0.3, -0.25) is 9.59 Å². The number of thioether (sulfide) groups is 1. The highest BCUT2D eigenvalue weighted by atomic mass is 32.2. The topological polar surface area (TPSA) is 67.4 Å². The molecule has 1 atom stereocenters. The van der Waals surface area contributed by atoms with Crippen LogP contribution in [0, 0.1) is 5.92 Å². The third-order valence-electron chi connectivity index (χ3n) is 3.73. The lowest BCUT2D eigenvalue weighted by Gasteiger charge is -2.19. The Morgan fingerprint density at radius 1 is 1.48 bits per heavy atom. The fourth-order valence-corrected chi connectivity index (χ4v) is 3.67. The van der Waals surface area contributed by atoms with Crippen LogP contribution in [0.15, 0.2) is 33.7 Å². The molecule has 21 heavy (non-hydrogen) atoms. The van der Waals surface area contributed by atoms with E-state index in [1.165, 1.54) is 30.4 Å². The highest BCUT2D eigenvalue weighted by Crippen LogP contribution is 2.47. The van der Waals surface area contributed by atoms with Crippen molar-refractivity contribution in [2.24, 2.45) is 5.92 Å². The second kappa shape index (κ2) is 5.97. The van der Waals surface area contributed by atoms with E-state index in [2.05, 4.69) is 21.4 Å². The number of esters is 1. The number of fused-ring (bicyclic) bond motifs is 1. The smallest absolute Gasteiger partial charge is 0.307 e. The van der Waals surface area contributed by atoms with Crippen LogP contribution < -0.4 is 10.6 Å². The number of carbonyl (C=O) groups is 2. The molecule has 2 heterocycles. The molecule has 0 aromatic rings. The zero-order chi connectivity index (χ0) is 14.8. The van der Waals surface area contributed by atoms with Crippen LogP contribution >= 0.6 is 11.8 Å². The standard InChI is InChI=1S/C15H18N2O3S/c1-20-13(18)5-7-17-15(19)12-8-11-14(21-12)10(4-6-16-11)9-2-3-9/h4,6,8-9,11,16H,2-3,5,7H2,1H3,(H,17,19). The molecular formula is C15H18N2O3S. The van der Waals surface area contributed by atoms with E-state index >= 15 is 0 Å². The van der Waals surface area contributed by atoms with Crippen molar-refractivity contribution < 1.29 is 14.3 Å². The SMILES string of the molecule is COC(=O)CCNC(=O)C1=CC2NC=CC(C3CC3)=C2S1. The Balaban J connectivity index is 1.59. The molecule has 2 N–H and O–H groups in total. The van der Waals surface area contributed by atoms with Crippen LogP contribution in [0.1, 0.15) is 19.3 Å². The summed E-state index contributed by atoms with van der Waals surface area (Å²) in [7, 11) is 1.34. The lowest BCUT2D eigenvalue weighted by Crippen LogP contribution is -2.27. The van der Waals surface area contributed by atoms with E-state index < -0.39 is 0 Å². The lowest BCUT2D eigenvalue weighted by molar-refractivity contribution is -0.140. The molecule has 112 valence electrons. The molecule has 3 aliphatic rings. The van der Waals surface area contributed by atoms with Gasteiger partial charge >= 0.3 is 5.97 Å². The van der Waals surface area contributed by atoms with Crippen LogP contribution in [0.3, 0.4) is 0 Å². The van der Waals surface area contributed by atoms with Crippen molar-refractivity contribution in [3.8, 4) is 0 Å². The van der Waals surface area contributed by atoms with Gasteiger partial charge in [0.15, 0.2) is 0 Å². The van der Waals surface area contributed by atoms with Gasteiger partial charge in [-0.15, -0.1) is 0 Å². The van der Waals surface area contributed by atoms with E-state index in [4.69, 9.17) is 0 Å². The van der Waals surface area contributed by atoms with Crippen LogP contribution in [0.2, 0.25) is 0 Å². The first kappa shape index (κ1) is 14.3. The predicted molar refractivity (Wildman–Crippen MR) is 81.1 cm³/mol. The van der Waals surface area contributed by atoms with E-state index in [-0.39, 0.29) is 24.3 Å². The van der Waals surface area contributed by atoms with Gasteiger partial charge in [-0.2, -0.15) is 0 Å². The van der Waals surface area contributed by atoms with Gasteiger partial charge in [0.05, 0.1) is 24.5 Å². The maximum Gasteiger partial charge on any atom is 0.307 e. The number of nitrogens with one attached hydrogen (secondary N) is 2. The van der Waals surface area contributed by atoms with Crippen molar-refractivity contribution in [2.45, 2.75) is 25.3 Å². The fourth-order valence-electron chi connectivity index (χ4n) is 2.45. The van der Waals surface area contributed by atoms with Crippen molar-refractivity contribution in [2.75, 3.05) is 13.7 Å². The molecule has 2 aliphatic heterocycles. The third kappa shape index (κ3) is 3.15. The Hall–Kier alpha value is -1.69. The quantitative estimate of drug-likeness (QED) is 0.753. The van der Waals surface area contributed by atoms with Gasteiger partial charge in [-0.25, -0.2) is 0 Å². The molecule has 5 nitrogen and oxygen atoms in total. The van der Waals surface area contributed by atoms with E-state index in [1.54, 1.807) is 11.8 Å². The van der Waals surface area contributed by atoms with Crippen LogP contribution in [-0.2, 0) is 14.3 Å². The molecule has 1 unspecified atom stereocenters. The fraction of sp³-hybridized carbons (Fsp3) is 0.467. The molecule has 6 heteroatoms. The summed E-state index contributed by atoms with van der Waals surface area (Å²) >= 11 is 1.54. The summed E-state index contributed by atoms with van der Waals surface area (Å²) in [5.41, 5.74) is 1.37. The number of ether oxygens (including phenoxy) is 1. The highest BCUT2D eigenvalue weighted by molar-refractivity contribution is 8.08. The van der Waals surface area contributed by atoms with Gasteiger partial charge in [0.25, 0.3) is 5.91 Å². The molecule has 1 fully saturated rings. The molecule has 0 aromatic heterocycles. The molecular weight excluding hydrogens is 288 g/mol. The molecule has 0 saturated heterocycles. The van der Waals surface area contributed by atoms with Gasteiger partial charge in [0.1, 0.15) is 0 Å². The molecule has 1 amide bonds. The molecule has 0 radical (unpaired) electrons. The van der Waals surface area contributed by atoms with Crippen molar-refractivity contribution in [3.63, 3.8) is 0 Å². The second-order valence-corrected chi connectivity index (χ2v) is 6.37. The number of amides is 1. The van der Waals surface area contributed by atoms with Gasteiger partial charge in [0, 0.05) is 11.4 Å². The summed E-state index contributed by atoms with van der Waals surface area (Å²) in [5.74, 6) is 0.229. The van der Waals surface area contributed by atoms with Crippen LogP contribution in [-0.4, -0.2) is 31.6 Å². The first-order valence-corrected chi connectivity index (χ1v) is 7.92. The maximum atomic E-state index is 12.1.